The molecular formula is C28H36N2O5. The van der Waals surface area contributed by atoms with Crippen molar-refractivity contribution in [3.8, 4) is 11.1 Å². The molecule has 0 heterocycles. The highest BCUT2D eigenvalue weighted by Gasteiger charge is 2.29. The second-order valence-electron chi connectivity index (χ2n) is 9.76. The summed E-state index contributed by atoms with van der Waals surface area (Å²) in [5, 5.41) is 14.7. The van der Waals surface area contributed by atoms with Crippen molar-refractivity contribution >= 4 is 18.0 Å². The number of carbonyl (C=O) groups is 3. The molecule has 0 bridgehead atoms. The molecule has 0 radical (unpaired) electrons. The summed E-state index contributed by atoms with van der Waals surface area (Å²) in [6.45, 7) is 6.92. The molecule has 7 heteroatoms. The van der Waals surface area contributed by atoms with E-state index in [9.17, 15) is 14.4 Å². The number of aliphatic carboxylic acids is 1. The first kappa shape index (κ1) is 26.3. The molecule has 0 fully saturated rings. The van der Waals surface area contributed by atoms with Gasteiger partial charge in [-0.2, -0.15) is 0 Å². The van der Waals surface area contributed by atoms with Crippen LogP contribution in [0.5, 0.6) is 0 Å². The van der Waals surface area contributed by atoms with Crippen LogP contribution in [-0.4, -0.2) is 42.8 Å². The lowest BCUT2D eigenvalue weighted by molar-refractivity contribution is -0.138. The third-order valence-electron chi connectivity index (χ3n) is 6.74. The summed E-state index contributed by atoms with van der Waals surface area (Å²) in [6, 6.07) is 16.4. The first-order valence-electron chi connectivity index (χ1n) is 12.3. The summed E-state index contributed by atoms with van der Waals surface area (Å²) >= 11 is 0. The fraction of sp³-hybridized carbons (Fsp3) is 0.464. The maximum atomic E-state index is 12.3. The Bertz CT molecular complexity index is 990. The van der Waals surface area contributed by atoms with Crippen LogP contribution < -0.4 is 10.6 Å². The van der Waals surface area contributed by atoms with Crippen LogP contribution in [0, 0.1) is 17.8 Å². The highest BCUT2D eigenvalue weighted by Crippen LogP contribution is 2.44. The Morgan fingerprint density at radius 3 is 2.09 bits per heavy atom. The van der Waals surface area contributed by atoms with E-state index in [0.717, 1.165) is 0 Å². The Morgan fingerprint density at radius 1 is 0.914 bits per heavy atom. The summed E-state index contributed by atoms with van der Waals surface area (Å²) in [6.07, 6.45) is 0.515. The van der Waals surface area contributed by atoms with E-state index in [-0.39, 0.29) is 42.6 Å². The van der Waals surface area contributed by atoms with Gasteiger partial charge in [-0.1, -0.05) is 69.3 Å². The molecule has 2 aromatic carbocycles. The second-order valence-corrected chi connectivity index (χ2v) is 9.76. The van der Waals surface area contributed by atoms with Crippen molar-refractivity contribution in [2.45, 2.75) is 46.0 Å². The molecule has 0 saturated carbocycles. The molecule has 0 aromatic heterocycles. The molecule has 3 N–H and O–H groups in total. The quantitative estimate of drug-likeness (QED) is 0.405. The molecule has 7 nitrogen and oxygen atoms in total. The Balaban J connectivity index is 1.38. The minimum atomic E-state index is -0.856. The molecule has 35 heavy (non-hydrogen) atoms. The number of rotatable bonds is 12. The van der Waals surface area contributed by atoms with Gasteiger partial charge in [0.25, 0.3) is 0 Å². The summed E-state index contributed by atoms with van der Waals surface area (Å²) in [7, 11) is 0. The van der Waals surface area contributed by atoms with Gasteiger partial charge < -0.3 is 20.5 Å². The minimum Gasteiger partial charge on any atom is -0.481 e. The highest BCUT2D eigenvalue weighted by molar-refractivity contribution is 5.79. The lowest BCUT2D eigenvalue weighted by Gasteiger charge is -2.20. The first-order chi connectivity index (χ1) is 16.8. The van der Waals surface area contributed by atoms with Gasteiger partial charge in [0.2, 0.25) is 5.91 Å². The van der Waals surface area contributed by atoms with Crippen molar-refractivity contribution in [3.05, 3.63) is 59.7 Å². The summed E-state index contributed by atoms with van der Waals surface area (Å²) in [5.74, 6) is -0.762. The molecule has 2 unspecified atom stereocenters. The van der Waals surface area contributed by atoms with Crippen LogP contribution in [0.1, 0.15) is 57.1 Å². The maximum absolute atomic E-state index is 12.3. The van der Waals surface area contributed by atoms with E-state index in [4.69, 9.17) is 9.84 Å². The third-order valence-corrected chi connectivity index (χ3v) is 6.74. The fourth-order valence-electron chi connectivity index (χ4n) is 4.49. The standard InChI is InChI=1S/C28H36N2O5/c1-18(2)20(14-27(32)33)16-29-26(31)13-12-19(3)15-30-28(34)35-17-25-23-10-6-4-8-21(23)22-9-5-7-11-24(22)25/h4-11,18-20,25H,12-17H2,1-3H3,(H,29,31)(H,30,34)(H,32,33). The summed E-state index contributed by atoms with van der Waals surface area (Å²) in [4.78, 5) is 35.5. The van der Waals surface area contributed by atoms with E-state index >= 15 is 0 Å². The zero-order chi connectivity index (χ0) is 25.4. The van der Waals surface area contributed by atoms with Gasteiger partial charge in [0, 0.05) is 25.4 Å². The number of hydrogen-bond acceptors (Lipinski definition) is 4. The van der Waals surface area contributed by atoms with E-state index in [1.54, 1.807) is 0 Å². The molecule has 2 atom stereocenters. The van der Waals surface area contributed by atoms with Crippen LogP contribution in [0.4, 0.5) is 4.79 Å². The van der Waals surface area contributed by atoms with Crippen LogP contribution in [-0.2, 0) is 14.3 Å². The van der Waals surface area contributed by atoms with Gasteiger partial charge in [-0.3, -0.25) is 9.59 Å². The summed E-state index contributed by atoms with van der Waals surface area (Å²) < 4.78 is 5.56. The number of nitrogens with one attached hydrogen (secondary N) is 2. The van der Waals surface area contributed by atoms with Gasteiger partial charge in [-0.15, -0.1) is 0 Å². The average Bonchev–Trinajstić information content (AvgIpc) is 3.16. The maximum Gasteiger partial charge on any atom is 0.407 e. The molecule has 0 saturated heterocycles. The molecule has 0 aliphatic heterocycles. The zero-order valence-corrected chi connectivity index (χ0v) is 20.8. The topological polar surface area (TPSA) is 105 Å². The van der Waals surface area contributed by atoms with E-state index < -0.39 is 12.1 Å². The van der Waals surface area contributed by atoms with Crippen LogP contribution in [0.3, 0.4) is 0 Å². The molecule has 3 rings (SSSR count). The lowest BCUT2D eigenvalue weighted by Crippen LogP contribution is -2.33. The van der Waals surface area contributed by atoms with Gasteiger partial charge in [-0.05, 0) is 46.4 Å². The van der Waals surface area contributed by atoms with Gasteiger partial charge in [0.1, 0.15) is 6.61 Å². The number of carbonyl (C=O) groups excluding carboxylic acids is 2. The van der Waals surface area contributed by atoms with Crippen LogP contribution in [0.15, 0.2) is 48.5 Å². The van der Waals surface area contributed by atoms with Crippen molar-refractivity contribution < 1.29 is 24.2 Å². The number of carboxylic acids is 1. The largest absolute Gasteiger partial charge is 0.481 e. The monoisotopic (exact) mass is 480 g/mol. The molecule has 1 aliphatic rings. The smallest absolute Gasteiger partial charge is 0.407 e. The number of amides is 2. The Morgan fingerprint density at radius 2 is 1.51 bits per heavy atom. The van der Waals surface area contributed by atoms with Crippen LogP contribution in [0.25, 0.3) is 11.1 Å². The van der Waals surface area contributed by atoms with E-state index in [0.29, 0.717) is 25.9 Å². The third kappa shape index (κ3) is 7.31. The van der Waals surface area contributed by atoms with E-state index in [1.165, 1.54) is 22.3 Å². The van der Waals surface area contributed by atoms with Gasteiger partial charge >= 0.3 is 12.1 Å². The van der Waals surface area contributed by atoms with Crippen molar-refractivity contribution in [2.75, 3.05) is 19.7 Å². The predicted octanol–water partition coefficient (Wildman–Crippen LogP) is 4.80. The number of alkyl carbamates (subject to hydrolysis) is 1. The number of benzene rings is 2. The van der Waals surface area contributed by atoms with Crippen LogP contribution in [0.2, 0.25) is 0 Å². The molecule has 188 valence electrons. The normalized spacial score (nSPS) is 14.1. The van der Waals surface area contributed by atoms with E-state index in [1.807, 2.05) is 45.0 Å². The van der Waals surface area contributed by atoms with Gasteiger partial charge in [0.05, 0.1) is 6.42 Å². The number of carboxylic acid groups (broad SMARTS) is 1. The van der Waals surface area contributed by atoms with E-state index in [2.05, 4.69) is 34.9 Å². The first-order valence-corrected chi connectivity index (χ1v) is 12.3. The average molecular weight is 481 g/mol. The predicted molar refractivity (Wildman–Crippen MR) is 135 cm³/mol. The minimum absolute atomic E-state index is 0.0186. The number of fused-ring (bicyclic) bond motifs is 3. The van der Waals surface area contributed by atoms with Crippen molar-refractivity contribution in [1.82, 2.24) is 10.6 Å². The molecule has 2 aromatic rings. The lowest BCUT2D eigenvalue weighted by atomic mass is 9.92. The Hall–Kier alpha value is -3.35. The Labute approximate surface area is 207 Å². The molecule has 1 aliphatic carbocycles. The van der Waals surface area contributed by atoms with Crippen molar-refractivity contribution in [1.29, 1.82) is 0 Å². The van der Waals surface area contributed by atoms with Crippen LogP contribution >= 0.6 is 0 Å². The van der Waals surface area contributed by atoms with Gasteiger partial charge in [0.15, 0.2) is 0 Å². The molecular weight excluding hydrogens is 444 g/mol. The SMILES string of the molecule is CC(CCC(=O)NCC(CC(=O)O)C(C)C)CNC(=O)OCC1c2ccccc2-c2ccccc21. The highest BCUT2D eigenvalue weighted by atomic mass is 16.5. The molecule has 2 amide bonds. The Kier molecular flexibility index (Phi) is 9.29. The second kappa shape index (κ2) is 12.4. The number of hydrogen-bond donors (Lipinski definition) is 3. The zero-order valence-electron chi connectivity index (χ0n) is 20.8. The summed E-state index contributed by atoms with van der Waals surface area (Å²) in [5.41, 5.74) is 4.71. The van der Waals surface area contributed by atoms with Gasteiger partial charge in [-0.25, -0.2) is 4.79 Å². The van der Waals surface area contributed by atoms with Crippen molar-refractivity contribution in [3.63, 3.8) is 0 Å². The molecule has 0 spiro atoms. The number of ether oxygens (including phenoxy) is 1. The van der Waals surface area contributed by atoms with Crippen molar-refractivity contribution in [2.24, 2.45) is 17.8 Å². The fourth-order valence-corrected chi connectivity index (χ4v) is 4.49.